The van der Waals surface area contributed by atoms with Crippen LogP contribution in [0.3, 0.4) is 0 Å². The van der Waals surface area contributed by atoms with Crippen molar-refractivity contribution in [3.05, 3.63) is 11.8 Å². The summed E-state index contributed by atoms with van der Waals surface area (Å²) in [5, 5.41) is 0. The molecule has 0 heterocycles. The highest BCUT2D eigenvalue weighted by Crippen LogP contribution is 2.17. The molecular formula is C9H19AlO. The lowest BCUT2D eigenvalue weighted by atomic mass is 9.96. The van der Waals surface area contributed by atoms with E-state index in [4.69, 9.17) is 3.79 Å². The second-order valence-electron chi connectivity index (χ2n) is 4.29. The lowest BCUT2D eigenvalue weighted by molar-refractivity contribution is 0.418. The van der Waals surface area contributed by atoms with E-state index in [9.17, 15) is 0 Å². The van der Waals surface area contributed by atoms with Crippen molar-refractivity contribution in [3.63, 3.8) is 0 Å². The summed E-state index contributed by atoms with van der Waals surface area (Å²) in [7, 11) is 0. The average Bonchev–Trinajstić information content (AvgIpc) is 1.53. The number of allylic oxidation sites excluding steroid dienone is 2. The van der Waals surface area contributed by atoms with Crippen LogP contribution in [-0.4, -0.2) is 14.5 Å². The first-order valence-electron chi connectivity index (χ1n) is 4.17. The molecule has 0 aromatic rings. The molecule has 0 bridgehead atoms. The van der Waals surface area contributed by atoms with Crippen molar-refractivity contribution in [2.24, 2.45) is 5.41 Å². The Balaban J connectivity index is 4.01. The summed E-state index contributed by atoms with van der Waals surface area (Å²) in [5.41, 5.74) is 0.243. The van der Waals surface area contributed by atoms with E-state index in [2.05, 4.69) is 38.4 Å². The van der Waals surface area contributed by atoms with E-state index < -0.39 is 14.5 Å². The van der Waals surface area contributed by atoms with Gasteiger partial charge in [-0.1, -0.05) is 32.3 Å². The van der Waals surface area contributed by atoms with Gasteiger partial charge >= 0.3 is 14.5 Å². The first-order valence-corrected chi connectivity index (χ1v) is 6.95. The molecule has 1 nitrogen and oxygen atoms in total. The lowest BCUT2D eigenvalue weighted by Gasteiger charge is -2.16. The molecule has 0 aliphatic heterocycles. The summed E-state index contributed by atoms with van der Waals surface area (Å²) >= 11 is -0.886. The largest absolute Gasteiger partial charge is 0.646 e. The van der Waals surface area contributed by atoms with E-state index in [1.54, 1.807) is 0 Å². The molecule has 0 aliphatic carbocycles. The molecule has 2 heteroatoms. The molecule has 0 aromatic heterocycles. The van der Waals surface area contributed by atoms with Gasteiger partial charge in [-0.3, -0.25) is 0 Å². The molecule has 0 radical (unpaired) electrons. The van der Waals surface area contributed by atoms with Crippen molar-refractivity contribution in [1.82, 2.24) is 0 Å². The SMILES string of the molecule is C/C(=C/C(C)(C)C)[O][Al]([CH3])[CH3]. The van der Waals surface area contributed by atoms with Crippen LogP contribution in [0.1, 0.15) is 27.7 Å². The van der Waals surface area contributed by atoms with Gasteiger partial charge in [0.15, 0.2) is 0 Å². The summed E-state index contributed by atoms with van der Waals surface area (Å²) in [6.07, 6.45) is 2.18. The molecule has 11 heavy (non-hydrogen) atoms. The molecule has 0 saturated heterocycles. The third kappa shape index (κ3) is 7.97. The summed E-state index contributed by atoms with van der Waals surface area (Å²) in [4.78, 5) is 0. The zero-order valence-electron chi connectivity index (χ0n) is 8.56. The van der Waals surface area contributed by atoms with Gasteiger partial charge in [0, 0.05) is 5.76 Å². The van der Waals surface area contributed by atoms with Gasteiger partial charge in [0.1, 0.15) is 0 Å². The summed E-state index contributed by atoms with van der Waals surface area (Å²) < 4.78 is 5.63. The Kier molecular flexibility index (Phi) is 4.21. The highest BCUT2D eigenvalue weighted by atomic mass is 27.2. The Morgan fingerprint density at radius 2 is 1.73 bits per heavy atom. The fraction of sp³-hybridized carbons (Fsp3) is 0.778. The zero-order valence-corrected chi connectivity index (χ0v) is 9.72. The first-order chi connectivity index (χ1) is 4.81. The summed E-state index contributed by atoms with van der Waals surface area (Å²) in [6.45, 7) is 8.59. The molecule has 0 spiro atoms. The van der Waals surface area contributed by atoms with Crippen LogP contribution >= 0.6 is 0 Å². The smallest absolute Gasteiger partial charge is 0.539 e. The Morgan fingerprint density at radius 1 is 1.27 bits per heavy atom. The maximum Gasteiger partial charge on any atom is 0.539 e. The van der Waals surface area contributed by atoms with Crippen molar-refractivity contribution < 1.29 is 3.79 Å². The monoisotopic (exact) mass is 170 g/mol. The van der Waals surface area contributed by atoms with E-state index in [0.29, 0.717) is 0 Å². The molecule has 0 rings (SSSR count). The molecule has 0 fully saturated rings. The van der Waals surface area contributed by atoms with Crippen LogP contribution in [0.15, 0.2) is 11.8 Å². The number of hydrogen-bond donors (Lipinski definition) is 0. The second kappa shape index (κ2) is 4.19. The van der Waals surface area contributed by atoms with Gasteiger partial charge in [0.2, 0.25) is 0 Å². The normalized spacial score (nSPS) is 13.1. The molecule has 0 aliphatic rings. The molecule has 64 valence electrons. The Hall–Kier alpha value is 0.0725. The van der Waals surface area contributed by atoms with Crippen LogP contribution in [-0.2, 0) is 3.79 Å². The molecular weight excluding hydrogens is 151 g/mol. The van der Waals surface area contributed by atoms with Crippen molar-refractivity contribution >= 4 is 14.5 Å². The Labute approximate surface area is 75.2 Å². The second-order valence-corrected chi connectivity index (χ2v) is 6.62. The average molecular weight is 170 g/mol. The molecule has 0 saturated carbocycles. The summed E-state index contributed by atoms with van der Waals surface area (Å²) in [5.74, 6) is 5.44. The van der Waals surface area contributed by atoms with Crippen molar-refractivity contribution in [3.8, 4) is 0 Å². The zero-order chi connectivity index (χ0) is 9.07. The standard InChI is InChI=1S/C7H14O.2CH3.Al/c1-6(8)5-7(2,3)4;;;/h5,8H,1-4H3;2*1H3;/q;;;+1/p-1/b6-5-;;;. The fourth-order valence-corrected chi connectivity index (χ4v) is 1.83. The van der Waals surface area contributed by atoms with E-state index >= 15 is 0 Å². The molecule has 0 atom stereocenters. The molecule has 0 N–H and O–H groups in total. The van der Waals surface area contributed by atoms with E-state index in [1.165, 1.54) is 0 Å². The van der Waals surface area contributed by atoms with Crippen LogP contribution in [0.2, 0.25) is 11.6 Å². The quantitative estimate of drug-likeness (QED) is 0.456. The maximum atomic E-state index is 5.63. The van der Waals surface area contributed by atoms with Crippen LogP contribution < -0.4 is 0 Å². The first kappa shape index (κ1) is 11.1. The lowest BCUT2D eigenvalue weighted by Crippen LogP contribution is -2.08. The topological polar surface area (TPSA) is 9.23 Å². The van der Waals surface area contributed by atoms with E-state index in [1.807, 2.05) is 6.92 Å². The maximum absolute atomic E-state index is 5.63. The Bertz CT molecular complexity index is 142. The highest BCUT2D eigenvalue weighted by Gasteiger charge is 2.10. The van der Waals surface area contributed by atoms with Crippen LogP contribution in [0.5, 0.6) is 0 Å². The van der Waals surface area contributed by atoms with Gasteiger partial charge < -0.3 is 3.79 Å². The summed E-state index contributed by atoms with van der Waals surface area (Å²) in [6, 6.07) is 0. The van der Waals surface area contributed by atoms with Gasteiger partial charge in [-0.15, -0.1) is 0 Å². The predicted octanol–water partition coefficient (Wildman–Crippen LogP) is 3.20. The van der Waals surface area contributed by atoms with E-state index in [-0.39, 0.29) is 5.41 Å². The minimum Gasteiger partial charge on any atom is -0.646 e. The minimum atomic E-state index is -0.886. The third-order valence-corrected chi connectivity index (χ3v) is 1.90. The van der Waals surface area contributed by atoms with Gasteiger partial charge in [-0.05, 0) is 18.4 Å². The predicted molar refractivity (Wildman–Crippen MR) is 51.8 cm³/mol. The van der Waals surface area contributed by atoms with E-state index in [0.717, 1.165) is 5.76 Å². The molecule has 0 aromatic carbocycles. The van der Waals surface area contributed by atoms with Crippen molar-refractivity contribution in [2.45, 2.75) is 39.3 Å². The third-order valence-electron chi connectivity index (χ3n) is 1.06. The molecule has 0 unspecified atom stereocenters. The van der Waals surface area contributed by atoms with Gasteiger partial charge in [-0.2, -0.15) is 0 Å². The Morgan fingerprint density at radius 3 is 2.00 bits per heavy atom. The minimum absolute atomic E-state index is 0.243. The van der Waals surface area contributed by atoms with Crippen molar-refractivity contribution in [2.75, 3.05) is 0 Å². The highest BCUT2D eigenvalue weighted by molar-refractivity contribution is 6.48. The number of hydrogen-bond acceptors (Lipinski definition) is 1. The van der Waals surface area contributed by atoms with Gasteiger partial charge in [-0.25, -0.2) is 0 Å². The van der Waals surface area contributed by atoms with Crippen LogP contribution in [0.25, 0.3) is 0 Å². The van der Waals surface area contributed by atoms with Gasteiger partial charge in [0.05, 0.1) is 0 Å². The number of rotatable bonds is 2. The van der Waals surface area contributed by atoms with Crippen LogP contribution in [0.4, 0.5) is 0 Å². The fourth-order valence-electron chi connectivity index (χ4n) is 1.02. The van der Waals surface area contributed by atoms with Gasteiger partial charge in [0.25, 0.3) is 0 Å². The van der Waals surface area contributed by atoms with Crippen LogP contribution in [0, 0.1) is 5.41 Å². The molecule has 0 amide bonds. The van der Waals surface area contributed by atoms with Crippen molar-refractivity contribution in [1.29, 1.82) is 0 Å².